The van der Waals surface area contributed by atoms with Crippen LogP contribution in [0.25, 0.3) is 0 Å². The Hall–Kier alpha value is -1.39. The summed E-state index contributed by atoms with van der Waals surface area (Å²) in [6, 6.07) is 8.25. The summed E-state index contributed by atoms with van der Waals surface area (Å²) in [6.07, 6.45) is 1.83. The van der Waals surface area contributed by atoms with Crippen LogP contribution < -0.4 is 10.6 Å². The highest BCUT2D eigenvalue weighted by Crippen LogP contribution is 2.24. The lowest BCUT2D eigenvalue weighted by Crippen LogP contribution is -2.25. The van der Waals surface area contributed by atoms with Gasteiger partial charge in [-0.15, -0.1) is 11.3 Å². The average Bonchev–Trinajstić information content (AvgIpc) is 2.88. The molecule has 0 radical (unpaired) electrons. The van der Waals surface area contributed by atoms with Crippen LogP contribution in [0.15, 0.2) is 35.8 Å². The number of thiophene rings is 1. The molecule has 96 valence electrons. The lowest BCUT2D eigenvalue weighted by Gasteiger charge is -2.25. The molecule has 0 amide bonds. The van der Waals surface area contributed by atoms with Crippen LogP contribution in [0.3, 0.4) is 0 Å². The van der Waals surface area contributed by atoms with E-state index in [0.29, 0.717) is 0 Å². The zero-order valence-corrected chi connectivity index (χ0v) is 11.7. The lowest BCUT2D eigenvalue weighted by atomic mass is 10.1. The number of nitrogens with zero attached hydrogens (tertiary/aromatic N) is 2. The first-order chi connectivity index (χ1) is 8.72. The minimum atomic E-state index is 0.00563. The Balaban J connectivity index is 2.27. The van der Waals surface area contributed by atoms with Crippen molar-refractivity contribution in [1.29, 1.82) is 0 Å². The van der Waals surface area contributed by atoms with E-state index in [0.717, 1.165) is 24.5 Å². The molecule has 2 heterocycles. The van der Waals surface area contributed by atoms with E-state index >= 15 is 0 Å². The predicted octanol–water partition coefficient (Wildman–Crippen LogP) is 3.19. The van der Waals surface area contributed by atoms with E-state index in [1.807, 2.05) is 19.2 Å². The molecule has 0 spiro atoms. The van der Waals surface area contributed by atoms with Crippen molar-refractivity contribution < 1.29 is 0 Å². The van der Waals surface area contributed by atoms with Crippen molar-refractivity contribution >= 4 is 17.2 Å². The molecule has 18 heavy (non-hydrogen) atoms. The third-order valence-electron chi connectivity index (χ3n) is 2.92. The molecule has 2 rings (SSSR count). The van der Waals surface area contributed by atoms with Crippen molar-refractivity contribution in [2.45, 2.75) is 26.4 Å². The molecule has 0 aliphatic rings. The predicted molar refractivity (Wildman–Crippen MR) is 77.9 cm³/mol. The molecule has 0 bridgehead atoms. The molecule has 0 aliphatic carbocycles. The Bertz CT molecular complexity index is 480. The molecule has 0 aliphatic heterocycles. The van der Waals surface area contributed by atoms with Gasteiger partial charge in [-0.2, -0.15) is 0 Å². The zero-order valence-electron chi connectivity index (χ0n) is 10.8. The van der Waals surface area contributed by atoms with Gasteiger partial charge in [0.15, 0.2) is 0 Å². The quantitative estimate of drug-likeness (QED) is 0.898. The first-order valence-electron chi connectivity index (χ1n) is 6.20. The van der Waals surface area contributed by atoms with Crippen molar-refractivity contribution in [2.24, 2.45) is 5.73 Å². The smallest absolute Gasteiger partial charge is 0.133 e. The molecule has 0 saturated carbocycles. The number of hydrogen-bond acceptors (Lipinski definition) is 4. The van der Waals surface area contributed by atoms with E-state index in [1.165, 1.54) is 4.88 Å². The molecule has 2 aromatic rings. The summed E-state index contributed by atoms with van der Waals surface area (Å²) < 4.78 is 0. The normalized spacial score (nSPS) is 12.4. The molecule has 0 fully saturated rings. The summed E-state index contributed by atoms with van der Waals surface area (Å²) in [5, 5.41) is 2.11. The Morgan fingerprint density at radius 1 is 1.39 bits per heavy atom. The van der Waals surface area contributed by atoms with Crippen LogP contribution >= 0.6 is 11.3 Å². The maximum atomic E-state index is 6.02. The number of aromatic nitrogens is 1. The number of pyridine rings is 1. The van der Waals surface area contributed by atoms with Crippen LogP contribution in [0.5, 0.6) is 0 Å². The molecule has 0 saturated heterocycles. The van der Waals surface area contributed by atoms with Gasteiger partial charge in [-0.05, 0) is 31.4 Å². The Labute approximate surface area is 112 Å². The molecule has 4 heteroatoms. The van der Waals surface area contributed by atoms with Crippen LogP contribution in [-0.4, -0.2) is 11.5 Å². The standard InChI is InChI=1S/C14H19N3S/c1-3-17(10-12-6-5-9-18-12)14-13(11(2)15)7-4-8-16-14/h4-9,11H,3,10,15H2,1-2H3/t11-/m0/s1. The van der Waals surface area contributed by atoms with Crippen molar-refractivity contribution in [3.8, 4) is 0 Å². The van der Waals surface area contributed by atoms with Gasteiger partial charge >= 0.3 is 0 Å². The van der Waals surface area contributed by atoms with Gasteiger partial charge in [0.05, 0.1) is 6.54 Å². The highest BCUT2D eigenvalue weighted by molar-refractivity contribution is 7.09. The second-order valence-electron chi connectivity index (χ2n) is 4.30. The van der Waals surface area contributed by atoms with Gasteiger partial charge in [0.2, 0.25) is 0 Å². The first-order valence-corrected chi connectivity index (χ1v) is 7.08. The van der Waals surface area contributed by atoms with Gasteiger partial charge in [-0.3, -0.25) is 0 Å². The fourth-order valence-corrected chi connectivity index (χ4v) is 2.68. The van der Waals surface area contributed by atoms with Crippen molar-refractivity contribution in [2.75, 3.05) is 11.4 Å². The van der Waals surface area contributed by atoms with Gasteiger partial charge in [0.25, 0.3) is 0 Å². The maximum Gasteiger partial charge on any atom is 0.133 e. The van der Waals surface area contributed by atoms with Crippen LogP contribution in [0.4, 0.5) is 5.82 Å². The fraction of sp³-hybridized carbons (Fsp3) is 0.357. The average molecular weight is 261 g/mol. The topological polar surface area (TPSA) is 42.2 Å². The van der Waals surface area contributed by atoms with E-state index in [1.54, 1.807) is 11.3 Å². The van der Waals surface area contributed by atoms with Crippen molar-refractivity contribution in [1.82, 2.24) is 4.98 Å². The third kappa shape index (κ3) is 2.89. The third-order valence-corrected chi connectivity index (χ3v) is 3.78. The van der Waals surface area contributed by atoms with Crippen molar-refractivity contribution in [3.63, 3.8) is 0 Å². The summed E-state index contributed by atoms with van der Waals surface area (Å²) in [4.78, 5) is 8.12. The molecule has 2 aromatic heterocycles. The fourth-order valence-electron chi connectivity index (χ4n) is 1.96. The molecule has 2 N–H and O–H groups in total. The first kappa shape index (κ1) is 13.1. The van der Waals surface area contributed by atoms with E-state index in [4.69, 9.17) is 5.73 Å². The zero-order chi connectivity index (χ0) is 13.0. The van der Waals surface area contributed by atoms with E-state index in [2.05, 4.69) is 40.4 Å². The van der Waals surface area contributed by atoms with E-state index in [9.17, 15) is 0 Å². The SMILES string of the molecule is CCN(Cc1cccs1)c1ncccc1[C@H](C)N. The monoisotopic (exact) mass is 261 g/mol. The molecule has 0 aromatic carbocycles. The number of anilines is 1. The van der Waals surface area contributed by atoms with Crippen molar-refractivity contribution in [3.05, 3.63) is 46.3 Å². The summed E-state index contributed by atoms with van der Waals surface area (Å²) in [5.41, 5.74) is 7.12. The minimum Gasteiger partial charge on any atom is -0.351 e. The molecule has 0 unspecified atom stereocenters. The van der Waals surface area contributed by atoms with Gasteiger partial charge in [-0.25, -0.2) is 4.98 Å². The Morgan fingerprint density at radius 3 is 2.83 bits per heavy atom. The van der Waals surface area contributed by atoms with Gasteiger partial charge < -0.3 is 10.6 Å². The second kappa shape index (κ2) is 5.98. The molecular weight excluding hydrogens is 242 g/mol. The second-order valence-corrected chi connectivity index (χ2v) is 5.33. The van der Waals surface area contributed by atoms with Gasteiger partial charge in [-0.1, -0.05) is 12.1 Å². The van der Waals surface area contributed by atoms with E-state index in [-0.39, 0.29) is 6.04 Å². The number of rotatable bonds is 5. The van der Waals surface area contributed by atoms with E-state index < -0.39 is 0 Å². The summed E-state index contributed by atoms with van der Waals surface area (Å²) in [6.45, 7) is 5.96. The van der Waals surface area contributed by atoms with Crippen LogP contribution in [0.2, 0.25) is 0 Å². The number of hydrogen-bond donors (Lipinski definition) is 1. The molecular formula is C14H19N3S. The minimum absolute atomic E-state index is 0.00563. The summed E-state index contributed by atoms with van der Waals surface area (Å²) in [7, 11) is 0. The Morgan fingerprint density at radius 2 is 2.22 bits per heavy atom. The summed E-state index contributed by atoms with van der Waals surface area (Å²) in [5.74, 6) is 1.00. The largest absolute Gasteiger partial charge is 0.351 e. The molecule has 1 atom stereocenters. The lowest BCUT2D eigenvalue weighted by molar-refractivity contribution is 0.765. The Kier molecular flexibility index (Phi) is 4.33. The highest BCUT2D eigenvalue weighted by Gasteiger charge is 2.14. The molecule has 3 nitrogen and oxygen atoms in total. The van der Waals surface area contributed by atoms with Gasteiger partial charge in [0.1, 0.15) is 5.82 Å². The van der Waals surface area contributed by atoms with Crippen LogP contribution in [0, 0.1) is 0 Å². The van der Waals surface area contributed by atoms with Crippen LogP contribution in [-0.2, 0) is 6.54 Å². The highest BCUT2D eigenvalue weighted by atomic mass is 32.1. The maximum absolute atomic E-state index is 6.02. The summed E-state index contributed by atoms with van der Waals surface area (Å²) >= 11 is 1.77. The van der Waals surface area contributed by atoms with Gasteiger partial charge in [0, 0.05) is 29.2 Å². The van der Waals surface area contributed by atoms with Crippen LogP contribution in [0.1, 0.15) is 30.3 Å². The number of nitrogens with two attached hydrogens (primary N) is 1.